The van der Waals surface area contributed by atoms with Crippen molar-refractivity contribution in [3.63, 3.8) is 0 Å². The average molecular weight is 603 g/mol. The molecule has 240 valence electrons. The zero-order valence-corrected chi connectivity index (χ0v) is 26.7. The Morgan fingerprint density at radius 3 is 2.16 bits per heavy atom. The van der Waals surface area contributed by atoms with Gasteiger partial charge in [-0.2, -0.15) is 0 Å². The van der Waals surface area contributed by atoms with Crippen LogP contribution in [0.3, 0.4) is 0 Å². The quantitative estimate of drug-likeness (QED) is 0.134. The monoisotopic (exact) mass is 602 g/mol. The first-order valence-electron chi connectivity index (χ1n) is 15.1. The Balaban J connectivity index is 0.000000309. The number of allylic oxidation sites excluding steroid dienone is 3. The predicted molar refractivity (Wildman–Crippen MR) is 165 cm³/mol. The highest BCUT2D eigenvalue weighted by molar-refractivity contribution is 5.92. The molecule has 9 nitrogen and oxygen atoms in total. The van der Waals surface area contributed by atoms with Gasteiger partial charge in [0.25, 0.3) is 0 Å². The van der Waals surface area contributed by atoms with Crippen LogP contribution in [0.2, 0.25) is 0 Å². The summed E-state index contributed by atoms with van der Waals surface area (Å²) in [7, 11) is 0. The number of aliphatic carboxylic acids is 1. The maximum Gasteiger partial charge on any atom is 0.328 e. The molecule has 0 spiro atoms. The van der Waals surface area contributed by atoms with Crippen LogP contribution in [0.15, 0.2) is 47.6 Å². The number of hydrogen-bond donors (Lipinski definition) is 2. The van der Waals surface area contributed by atoms with E-state index in [0.717, 1.165) is 49.9 Å². The second-order valence-electron chi connectivity index (χ2n) is 11.5. The highest BCUT2D eigenvalue weighted by Gasteiger charge is 2.46. The lowest BCUT2D eigenvalue weighted by Gasteiger charge is -2.43. The third kappa shape index (κ3) is 11.6. The van der Waals surface area contributed by atoms with Crippen molar-refractivity contribution in [2.75, 3.05) is 39.8 Å². The Kier molecular flexibility index (Phi) is 15.1. The summed E-state index contributed by atoms with van der Waals surface area (Å²) in [5.41, 5.74) is 1.68. The Bertz CT molecular complexity index is 1150. The minimum atomic E-state index is -1.24. The molecule has 1 aliphatic heterocycles. The largest absolute Gasteiger partial charge is 0.478 e. The molecule has 2 aliphatic rings. The van der Waals surface area contributed by atoms with Crippen molar-refractivity contribution in [1.82, 2.24) is 0 Å². The van der Waals surface area contributed by atoms with E-state index in [1.54, 1.807) is 26.0 Å². The van der Waals surface area contributed by atoms with E-state index in [2.05, 4.69) is 19.9 Å². The van der Waals surface area contributed by atoms with Gasteiger partial charge in [-0.3, -0.25) is 4.79 Å². The van der Waals surface area contributed by atoms with Crippen molar-refractivity contribution in [1.29, 1.82) is 0 Å². The second kappa shape index (κ2) is 18.0. The van der Waals surface area contributed by atoms with Crippen molar-refractivity contribution < 1.29 is 43.5 Å². The minimum absolute atomic E-state index is 0.00150. The number of carboxylic acids is 1. The number of hydrogen-bond acceptors (Lipinski definition) is 8. The number of carbonyl (C=O) groups is 2. The molecule has 0 radical (unpaired) electrons. The number of unbranched alkanes of at least 4 members (excludes halogenated alkanes) is 1. The summed E-state index contributed by atoms with van der Waals surface area (Å²) >= 11 is 0. The first kappa shape index (κ1) is 36.2. The van der Waals surface area contributed by atoms with Gasteiger partial charge in [-0.1, -0.05) is 46.6 Å². The molecular formula is C34H50O9. The van der Waals surface area contributed by atoms with E-state index in [4.69, 9.17) is 28.8 Å². The molecule has 0 saturated heterocycles. The van der Waals surface area contributed by atoms with E-state index in [-0.39, 0.29) is 12.2 Å². The summed E-state index contributed by atoms with van der Waals surface area (Å²) in [5, 5.41) is 19.4. The molecular weight excluding hydrogens is 552 g/mol. The van der Waals surface area contributed by atoms with Crippen molar-refractivity contribution >= 4 is 11.8 Å². The van der Waals surface area contributed by atoms with Crippen LogP contribution in [0.1, 0.15) is 78.4 Å². The predicted octanol–water partition coefficient (Wildman–Crippen LogP) is 5.97. The molecule has 3 rings (SSSR count). The van der Waals surface area contributed by atoms with Crippen LogP contribution in [0.5, 0.6) is 11.5 Å². The van der Waals surface area contributed by atoms with E-state index in [9.17, 15) is 14.7 Å². The number of aliphatic hydroxyl groups is 1. The first-order chi connectivity index (χ1) is 20.4. The van der Waals surface area contributed by atoms with Gasteiger partial charge in [0.1, 0.15) is 5.60 Å². The van der Waals surface area contributed by atoms with Crippen molar-refractivity contribution in [2.45, 2.75) is 85.9 Å². The Hall–Kier alpha value is -2.98. The van der Waals surface area contributed by atoms with Crippen LogP contribution >= 0.6 is 0 Å². The Morgan fingerprint density at radius 2 is 1.58 bits per heavy atom. The molecule has 1 aromatic rings. The molecule has 0 unspecified atom stereocenters. The van der Waals surface area contributed by atoms with E-state index < -0.39 is 17.0 Å². The van der Waals surface area contributed by atoms with Gasteiger partial charge < -0.3 is 33.9 Å². The molecule has 43 heavy (non-hydrogen) atoms. The number of benzene rings is 1. The summed E-state index contributed by atoms with van der Waals surface area (Å²) in [5.74, 6) is 0.625. The van der Waals surface area contributed by atoms with Crippen LogP contribution in [-0.2, 0) is 36.8 Å². The lowest BCUT2D eigenvalue weighted by molar-refractivity contribution is -0.131. The first-order valence-corrected chi connectivity index (χ1v) is 15.1. The molecule has 0 bridgehead atoms. The second-order valence-corrected chi connectivity index (χ2v) is 11.5. The summed E-state index contributed by atoms with van der Waals surface area (Å²) in [6.45, 7) is 15.5. The molecule has 0 fully saturated rings. The van der Waals surface area contributed by atoms with E-state index in [1.165, 1.54) is 17.2 Å². The highest BCUT2D eigenvalue weighted by atomic mass is 16.7. The van der Waals surface area contributed by atoms with Gasteiger partial charge in [-0.05, 0) is 73.2 Å². The van der Waals surface area contributed by atoms with Crippen molar-refractivity contribution in [3.8, 4) is 11.5 Å². The molecule has 0 amide bonds. The van der Waals surface area contributed by atoms with E-state index in [1.807, 2.05) is 19.9 Å². The number of ketones is 1. The summed E-state index contributed by atoms with van der Waals surface area (Å²) in [6.07, 6.45) is 10.3. The van der Waals surface area contributed by atoms with Gasteiger partial charge in [0, 0.05) is 24.5 Å². The molecule has 9 heteroatoms. The van der Waals surface area contributed by atoms with E-state index >= 15 is 0 Å². The number of carboxylic acid groups (broad SMARTS) is 1. The van der Waals surface area contributed by atoms with Gasteiger partial charge >= 0.3 is 5.97 Å². The zero-order chi connectivity index (χ0) is 31.9. The fourth-order valence-corrected chi connectivity index (χ4v) is 4.89. The Labute approximate surface area is 256 Å². The smallest absolute Gasteiger partial charge is 0.328 e. The van der Waals surface area contributed by atoms with Crippen LogP contribution < -0.4 is 9.47 Å². The topological polar surface area (TPSA) is 121 Å². The molecule has 1 atom stereocenters. The highest BCUT2D eigenvalue weighted by Crippen LogP contribution is 2.44. The van der Waals surface area contributed by atoms with Gasteiger partial charge in [-0.15, -0.1) is 0 Å². The number of rotatable bonds is 16. The van der Waals surface area contributed by atoms with Crippen molar-refractivity contribution in [3.05, 3.63) is 58.7 Å². The maximum atomic E-state index is 11.6. The summed E-state index contributed by atoms with van der Waals surface area (Å²) < 4.78 is 27.6. The fourth-order valence-electron chi connectivity index (χ4n) is 4.89. The number of aryl methyl sites for hydroxylation is 1. The van der Waals surface area contributed by atoms with Gasteiger partial charge in [0.05, 0.1) is 33.0 Å². The standard InChI is InChI=1S/C19H30O5.C15H20O4/c1-3-5-7-20-8-9-21-10-11-22-14-17-13-19-18(23-15-24-19)12-16(17)6-4-2;1-10(7-13(17)18)5-6-15(19)11(2)8-12(16)9-14(15,3)4/h12-13H,3-11,14-15H2,1-2H3;5-8,19H,9H2,1-4H3,(H,17,18)/b;6-5+,10-7-/t;15-/m.1/s1. The Morgan fingerprint density at radius 1 is 0.977 bits per heavy atom. The number of carbonyl (C=O) groups excluding carboxylic acids is 1. The third-order valence-corrected chi connectivity index (χ3v) is 7.42. The van der Waals surface area contributed by atoms with Crippen LogP contribution in [0.4, 0.5) is 0 Å². The minimum Gasteiger partial charge on any atom is -0.478 e. The summed E-state index contributed by atoms with van der Waals surface area (Å²) in [4.78, 5) is 22.1. The van der Waals surface area contributed by atoms with E-state index in [0.29, 0.717) is 51.0 Å². The maximum absolute atomic E-state index is 11.6. The molecule has 2 N–H and O–H groups in total. The molecule has 1 heterocycles. The van der Waals surface area contributed by atoms with Crippen LogP contribution in [-0.4, -0.2) is 67.4 Å². The lowest BCUT2D eigenvalue weighted by Crippen LogP contribution is -2.48. The summed E-state index contributed by atoms with van der Waals surface area (Å²) in [6, 6.07) is 4.12. The van der Waals surface area contributed by atoms with Crippen LogP contribution in [0.25, 0.3) is 0 Å². The number of fused-ring (bicyclic) bond motifs is 1. The SMILES string of the molecule is CC1=CC(=O)CC(C)(C)[C@@]1(O)/C=C/C(C)=C\C(=O)O.CCCCOCCOCCOCc1cc2c(cc1CCC)OCO2. The molecule has 1 aliphatic carbocycles. The normalized spacial score (nSPS) is 19.3. The van der Waals surface area contributed by atoms with Gasteiger partial charge in [0.2, 0.25) is 6.79 Å². The van der Waals surface area contributed by atoms with Gasteiger partial charge in [0.15, 0.2) is 17.3 Å². The van der Waals surface area contributed by atoms with Crippen LogP contribution in [0, 0.1) is 5.41 Å². The van der Waals surface area contributed by atoms with Crippen molar-refractivity contribution in [2.24, 2.45) is 5.41 Å². The lowest BCUT2D eigenvalue weighted by atomic mass is 9.64. The number of ether oxygens (including phenoxy) is 5. The zero-order valence-electron chi connectivity index (χ0n) is 26.7. The molecule has 1 aromatic carbocycles. The fraction of sp³-hybridized carbons (Fsp3) is 0.588. The average Bonchev–Trinajstić information content (AvgIpc) is 3.39. The third-order valence-electron chi connectivity index (χ3n) is 7.42. The van der Waals surface area contributed by atoms with Gasteiger partial charge in [-0.25, -0.2) is 4.79 Å². The molecule has 0 aromatic heterocycles. The molecule has 0 saturated carbocycles.